The van der Waals surface area contributed by atoms with Gasteiger partial charge in [-0.1, -0.05) is 0 Å². The van der Waals surface area contributed by atoms with Gasteiger partial charge in [-0.25, -0.2) is 18.5 Å². The van der Waals surface area contributed by atoms with Crippen LogP contribution in [0.3, 0.4) is 0 Å². The van der Waals surface area contributed by atoms with Crippen LogP contribution in [0.1, 0.15) is 18.7 Å². The van der Waals surface area contributed by atoms with E-state index in [1.165, 1.54) is 17.0 Å². The highest BCUT2D eigenvalue weighted by molar-refractivity contribution is 7.77. The lowest BCUT2D eigenvalue weighted by atomic mass is 10.2. The number of hydrogen-bond acceptors (Lipinski definition) is 5. The summed E-state index contributed by atoms with van der Waals surface area (Å²) < 4.78 is 53.6. The second kappa shape index (κ2) is 8.27. The zero-order chi connectivity index (χ0) is 20.5. The summed E-state index contributed by atoms with van der Waals surface area (Å²) in [7, 11) is 0. The zero-order valence-electron chi connectivity index (χ0n) is 15.5. The Morgan fingerprint density at radius 1 is 1.31 bits per heavy atom. The standard InChI is InChI=1S/C18H21F2N5O3S/c19-12-3-6-23(10-12)11-17-21-5-8-24(17)13-1-2-16(14(20)9-13)25-7-4-15(18(25)26)22-29(27)28/h1-2,5,8-9,12,15,22H,3-4,6-7,10-11H2,(H,27,28)/p-1. The molecule has 1 aromatic heterocycles. The molecule has 3 heterocycles. The third-order valence-electron chi connectivity index (χ3n) is 5.24. The van der Waals surface area contributed by atoms with Crippen LogP contribution in [-0.2, 0) is 22.6 Å². The van der Waals surface area contributed by atoms with E-state index in [9.17, 15) is 22.3 Å². The maximum Gasteiger partial charge on any atom is 0.245 e. The summed E-state index contributed by atoms with van der Waals surface area (Å²) in [5.74, 6) is -0.408. The number of carbonyl (C=O) groups excluding carboxylic acids is 1. The number of nitrogens with one attached hydrogen (secondary N) is 1. The van der Waals surface area contributed by atoms with E-state index in [4.69, 9.17) is 0 Å². The van der Waals surface area contributed by atoms with Gasteiger partial charge < -0.3 is 14.0 Å². The van der Waals surface area contributed by atoms with Gasteiger partial charge in [0.2, 0.25) is 5.91 Å². The van der Waals surface area contributed by atoms with Crippen molar-refractivity contribution in [3.05, 3.63) is 42.2 Å². The van der Waals surface area contributed by atoms with Crippen LogP contribution in [0.4, 0.5) is 14.5 Å². The lowest BCUT2D eigenvalue weighted by Gasteiger charge is -2.20. The van der Waals surface area contributed by atoms with Crippen molar-refractivity contribution < 1.29 is 22.3 Å². The normalized spacial score (nSPS) is 23.8. The smallest absolute Gasteiger partial charge is 0.245 e. The SMILES string of the molecule is O=C1C(NS(=O)[O-])CCN1c1ccc(-n2ccnc2CN2CCC(F)C2)cc1F. The van der Waals surface area contributed by atoms with Crippen LogP contribution in [-0.4, -0.2) is 61.0 Å². The van der Waals surface area contributed by atoms with Crippen molar-refractivity contribution >= 4 is 22.9 Å². The highest BCUT2D eigenvalue weighted by Crippen LogP contribution is 2.27. The van der Waals surface area contributed by atoms with Crippen molar-refractivity contribution in [2.45, 2.75) is 31.6 Å². The third-order valence-corrected chi connectivity index (χ3v) is 5.72. The minimum absolute atomic E-state index is 0.0983. The number of amides is 1. The molecule has 2 aliphatic heterocycles. The first-order chi connectivity index (χ1) is 13.9. The van der Waals surface area contributed by atoms with E-state index in [1.54, 1.807) is 23.0 Å². The average Bonchev–Trinajstić information content (AvgIpc) is 3.38. The Kier molecular flexibility index (Phi) is 5.72. The predicted octanol–water partition coefficient (Wildman–Crippen LogP) is 1.04. The van der Waals surface area contributed by atoms with Gasteiger partial charge in [0.1, 0.15) is 17.8 Å². The molecule has 2 saturated heterocycles. The quantitative estimate of drug-likeness (QED) is 0.700. The molecule has 0 aliphatic carbocycles. The lowest BCUT2D eigenvalue weighted by molar-refractivity contribution is -0.118. The molecular formula is C18H20F2N5O3S-. The van der Waals surface area contributed by atoms with Gasteiger partial charge >= 0.3 is 0 Å². The third kappa shape index (κ3) is 4.22. The first kappa shape index (κ1) is 20.1. The van der Waals surface area contributed by atoms with Gasteiger partial charge in [-0.15, -0.1) is 0 Å². The molecular weight excluding hydrogens is 404 g/mol. The molecule has 2 aromatic rings. The van der Waals surface area contributed by atoms with Crippen LogP contribution in [0, 0.1) is 5.82 Å². The van der Waals surface area contributed by atoms with Gasteiger partial charge in [-0.2, -0.15) is 0 Å². The van der Waals surface area contributed by atoms with Crippen molar-refractivity contribution in [1.82, 2.24) is 19.2 Å². The monoisotopic (exact) mass is 424 g/mol. The van der Waals surface area contributed by atoms with E-state index in [0.717, 1.165) is 0 Å². The molecule has 8 nitrogen and oxygen atoms in total. The fourth-order valence-corrected chi connectivity index (χ4v) is 4.28. The zero-order valence-corrected chi connectivity index (χ0v) is 16.3. The van der Waals surface area contributed by atoms with Gasteiger partial charge in [-0.3, -0.25) is 13.9 Å². The summed E-state index contributed by atoms with van der Waals surface area (Å²) in [6.45, 7) is 1.70. The van der Waals surface area contributed by atoms with Gasteiger partial charge in [0.25, 0.3) is 0 Å². The van der Waals surface area contributed by atoms with Crippen molar-refractivity contribution in [1.29, 1.82) is 0 Å². The highest BCUT2D eigenvalue weighted by atomic mass is 32.2. The van der Waals surface area contributed by atoms with Crippen LogP contribution in [0.15, 0.2) is 30.6 Å². The first-order valence-corrected chi connectivity index (χ1v) is 10.4. The topological polar surface area (TPSA) is 93.5 Å². The van der Waals surface area contributed by atoms with E-state index in [-0.39, 0.29) is 18.7 Å². The number of likely N-dealkylation sites (tertiary alicyclic amines) is 1. The number of benzene rings is 1. The summed E-state index contributed by atoms with van der Waals surface area (Å²) in [6, 6.07) is 3.59. The summed E-state index contributed by atoms with van der Waals surface area (Å²) >= 11 is -2.56. The van der Waals surface area contributed by atoms with Gasteiger partial charge in [-0.05, 0) is 25.0 Å². The van der Waals surface area contributed by atoms with Crippen LogP contribution in [0.5, 0.6) is 0 Å². The fraction of sp³-hybridized carbons (Fsp3) is 0.444. The summed E-state index contributed by atoms with van der Waals surface area (Å²) in [6.07, 6.45) is 3.25. The van der Waals surface area contributed by atoms with E-state index < -0.39 is 35.2 Å². The summed E-state index contributed by atoms with van der Waals surface area (Å²) in [5, 5.41) is 0. The Hall–Kier alpha value is -2.21. The second-order valence-corrected chi connectivity index (χ2v) is 7.86. The molecule has 0 bridgehead atoms. The van der Waals surface area contributed by atoms with Crippen LogP contribution < -0.4 is 9.62 Å². The molecule has 3 atom stereocenters. The van der Waals surface area contributed by atoms with E-state index in [1.807, 2.05) is 4.90 Å². The summed E-state index contributed by atoms with van der Waals surface area (Å²) in [5.41, 5.74) is 0.637. The Bertz CT molecular complexity index is 940. The fourth-order valence-electron chi connectivity index (χ4n) is 3.82. The molecule has 0 radical (unpaired) electrons. The molecule has 11 heteroatoms. The lowest BCUT2D eigenvalue weighted by Crippen LogP contribution is -2.39. The van der Waals surface area contributed by atoms with Crippen molar-refractivity contribution in [2.75, 3.05) is 24.5 Å². The number of hydrogen-bond donors (Lipinski definition) is 1. The number of halogens is 2. The minimum Gasteiger partial charge on any atom is -0.760 e. The molecule has 0 spiro atoms. The van der Waals surface area contributed by atoms with Crippen molar-refractivity contribution in [3.8, 4) is 5.69 Å². The molecule has 1 amide bonds. The molecule has 1 N–H and O–H groups in total. The van der Waals surface area contributed by atoms with Gasteiger partial charge in [0.15, 0.2) is 0 Å². The number of anilines is 1. The maximum atomic E-state index is 14.8. The van der Waals surface area contributed by atoms with E-state index in [2.05, 4.69) is 9.71 Å². The van der Waals surface area contributed by atoms with Crippen LogP contribution >= 0.6 is 0 Å². The number of rotatable bonds is 6. The van der Waals surface area contributed by atoms with E-state index >= 15 is 0 Å². The molecule has 3 unspecified atom stereocenters. The van der Waals surface area contributed by atoms with Crippen LogP contribution in [0.2, 0.25) is 0 Å². The van der Waals surface area contributed by atoms with E-state index in [0.29, 0.717) is 37.6 Å². The minimum atomic E-state index is -2.56. The number of alkyl halides is 1. The molecule has 2 fully saturated rings. The number of imidazole rings is 1. The Balaban J connectivity index is 1.52. The molecule has 1 aromatic carbocycles. The summed E-state index contributed by atoms with van der Waals surface area (Å²) in [4.78, 5) is 19.9. The number of nitrogens with zero attached hydrogens (tertiary/aromatic N) is 4. The Labute approximate surface area is 168 Å². The molecule has 4 rings (SSSR count). The molecule has 29 heavy (non-hydrogen) atoms. The van der Waals surface area contributed by atoms with Crippen molar-refractivity contribution in [3.63, 3.8) is 0 Å². The molecule has 2 aliphatic rings. The molecule has 156 valence electrons. The second-order valence-electron chi connectivity index (χ2n) is 7.15. The number of aromatic nitrogens is 2. The predicted molar refractivity (Wildman–Crippen MR) is 101 cm³/mol. The van der Waals surface area contributed by atoms with Crippen LogP contribution in [0.25, 0.3) is 5.69 Å². The number of carbonyl (C=O) groups is 1. The first-order valence-electron chi connectivity index (χ1n) is 9.28. The van der Waals surface area contributed by atoms with Gasteiger partial charge in [0.05, 0.1) is 18.3 Å². The Morgan fingerprint density at radius 3 is 2.83 bits per heavy atom. The highest BCUT2D eigenvalue weighted by Gasteiger charge is 2.34. The van der Waals surface area contributed by atoms with Crippen molar-refractivity contribution in [2.24, 2.45) is 0 Å². The molecule has 0 saturated carbocycles. The average molecular weight is 424 g/mol. The van der Waals surface area contributed by atoms with Gasteiger partial charge in [0, 0.05) is 55.0 Å². The largest absolute Gasteiger partial charge is 0.760 e. The Morgan fingerprint density at radius 2 is 2.14 bits per heavy atom. The maximum absolute atomic E-state index is 14.8.